The first-order valence-electron chi connectivity index (χ1n) is 5.40. The predicted molar refractivity (Wildman–Crippen MR) is 68.4 cm³/mol. The van der Waals surface area contributed by atoms with Crippen LogP contribution in [-0.2, 0) is 14.8 Å². The molecule has 0 bridgehead atoms. The number of nitrogens with one attached hydrogen (secondary N) is 1. The van der Waals surface area contributed by atoms with E-state index in [2.05, 4.69) is 9.71 Å². The van der Waals surface area contributed by atoms with E-state index < -0.39 is 10.0 Å². The summed E-state index contributed by atoms with van der Waals surface area (Å²) in [5.41, 5.74) is 0. The fourth-order valence-corrected chi connectivity index (χ4v) is 3.23. The van der Waals surface area contributed by atoms with Crippen molar-refractivity contribution in [2.24, 2.45) is 0 Å². The summed E-state index contributed by atoms with van der Waals surface area (Å²) >= 11 is 11.4. The predicted octanol–water partition coefficient (Wildman–Crippen LogP) is 1.85. The largest absolute Gasteiger partial charge is 0.380 e. The van der Waals surface area contributed by atoms with Crippen molar-refractivity contribution in [3.8, 4) is 0 Å². The van der Waals surface area contributed by atoms with Crippen LogP contribution in [0.25, 0.3) is 0 Å². The molecule has 1 aromatic heterocycles. The number of nitrogens with zero attached hydrogens (tertiary/aromatic N) is 1. The van der Waals surface area contributed by atoms with Gasteiger partial charge in [-0.1, -0.05) is 23.2 Å². The summed E-state index contributed by atoms with van der Waals surface area (Å²) in [6, 6.07) is 1.07. The Morgan fingerprint density at radius 1 is 1.44 bits per heavy atom. The van der Waals surface area contributed by atoms with Crippen LogP contribution in [0.15, 0.2) is 17.2 Å². The second-order valence-electron chi connectivity index (χ2n) is 3.98. The molecule has 2 heterocycles. The molecule has 0 radical (unpaired) electrons. The second-order valence-corrected chi connectivity index (χ2v) is 6.46. The van der Waals surface area contributed by atoms with Gasteiger partial charge in [-0.3, -0.25) is 0 Å². The van der Waals surface area contributed by atoms with Crippen LogP contribution in [0, 0.1) is 0 Å². The normalized spacial score (nSPS) is 20.9. The monoisotopic (exact) mass is 310 g/mol. The van der Waals surface area contributed by atoms with E-state index in [0.717, 1.165) is 12.8 Å². The van der Waals surface area contributed by atoms with Crippen molar-refractivity contribution in [2.75, 3.05) is 13.2 Å². The van der Waals surface area contributed by atoms with E-state index in [1.54, 1.807) is 0 Å². The number of halogens is 2. The summed E-state index contributed by atoms with van der Waals surface area (Å²) < 4.78 is 31.9. The lowest BCUT2D eigenvalue weighted by Gasteiger charge is -2.22. The van der Waals surface area contributed by atoms with Gasteiger partial charge in [0.15, 0.2) is 0 Å². The zero-order valence-corrected chi connectivity index (χ0v) is 11.7. The first kappa shape index (κ1) is 14.0. The van der Waals surface area contributed by atoms with E-state index in [1.807, 2.05) is 0 Å². The average molecular weight is 311 g/mol. The molecule has 1 unspecified atom stereocenters. The number of sulfonamides is 1. The van der Waals surface area contributed by atoms with Gasteiger partial charge in [0.05, 0.1) is 11.6 Å². The third-order valence-corrected chi connectivity index (χ3v) is 4.74. The van der Waals surface area contributed by atoms with Crippen LogP contribution in [0.4, 0.5) is 0 Å². The van der Waals surface area contributed by atoms with Gasteiger partial charge in [0.2, 0.25) is 10.0 Å². The van der Waals surface area contributed by atoms with Gasteiger partial charge in [-0.15, -0.1) is 0 Å². The zero-order valence-electron chi connectivity index (χ0n) is 9.40. The third-order valence-electron chi connectivity index (χ3n) is 2.56. The minimum absolute atomic E-state index is 0.00229. The number of pyridine rings is 1. The molecule has 1 N–H and O–H groups in total. The van der Waals surface area contributed by atoms with Crippen LogP contribution < -0.4 is 4.72 Å². The van der Waals surface area contributed by atoms with Gasteiger partial charge in [0.1, 0.15) is 10.0 Å². The van der Waals surface area contributed by atoms with Crippen molar-refractivity contribution in [3.63, 3.8) is 0 Å². The summed E-state index contributed by atoms with van der Waals surface area (Å²) in [5, 5.41) is 0.191. The molecule has 2 rings (SSSR count). The molecular formula is C10H12Cl2N2O3S. The third kappa shape index (κ3) is 3.33. The maximum absolute atomic E-state index is 12.1. The maximum atomic E-state index is 12.1. The second kappa shape index (κ2) is 5.71. The van der Waals surface area contributed by atoms with Crippen molar-refractivity contribution in [1.29, 1.82) is 0 Å². The van der Waals surface area contributed by atoms with E-state index in [-0.39, 0.29) is 21.1 Å². The van der Waals surface area contributed by atoms with E-state index in [9.17, 15) is 8.42 Å². The van der Waals surface area contributed by atoms with Crippen LogP contribution in [0.1, 0.15) is 12.8 Å². The molecule has 1 aromatic rings. The highest BCUT2D eigenvalue weighted by atomic mass is 35.5. The molecule has 1 atom stereocenters. The fourth-order valence-electron chi connectivity index (χ4n) is 1.67. The maximum Gasteiger partial charge on any atom is 0.242 e. The van der Waals surface area contributed by atoms with Gasteiger partial charge in [0.25, 0.3) is 0 Å². The quantitative estimate of drug-likeness (QED) is 0.865. The molecular weight excluding hydrogens is 299 g/mol. The van der Waals surface area contributed by atoms with Gasteiger partial charge in [-0.05, 0) is 18.9 Å². The average Bonchev–Trinajstić information content (AvgIpc) is 2.33. The molecule has 0 amide bonds. The number of hydrogen-bond acceptors (Lipinski definition) is 4. The lowest BCUT2D eigenvalue weighted by molar-refractivity contribution is 0.0774. The first-order chi connectivity index (χ1) is 8.49. The molecule has 0 spiro atoms. The Balaban J connectivity index is 2.16. The molecule has 8 heteroatoms. The van der Waals surface area contributed by atoms with E-state index in [0.29, 0.717) is 13.2 Å². The number of hydrogen-bond donors (Lipinski definition) is 1. The standard InChI is InChI=1S/C10H12Cl2N2O3S/c11-9-4-8(5-13-10(9)12)18(15,16)14-7-2-1-3-17-6-7/h4-5,7,14H,1-3,6H2. The lowest BCUT2D eigenvalue weighted by Crippen LogP contribution is -2.40. The summed E-state index contributed by atoms with van der Waals surface area (Å²) in [6.07, 6.45) is 2.78. The molecule has 5 nitrogen and oxygen atoms in total. The Bertz CT molecular complexity index is 530. The van der Waals surface area contributed by atoms with Crippen molar-refractivity contribution in [2.45, 2.75) is 23.8 Å². The van der Waals surface area contributed by atoms with Crippen molar-refractivity contribution in [3.05, 3.63) is 22.4 Å². The number of ether oxygens (including phenoxy) is 1. The Morgan fingerprint density at radius 3 is 2.83 bits per heavy atom. The Kier molecular flexibility index (Phi) is 4.45. The molecule has 0 aliphatic carbocycles. The summed E-state index contributed by atoms with van der Waals surface area (Å²) in [7, 11) is -3.63. The van der Waals surface area contributed by atoms with Crippen LogP contribution in [0.5, 0.6) is 0 Å². The molecule has 1 aliphatic heterocycles. The van der Waals surface area contributed by atoms with Crippen LogP contribution in [0.3, 0.4) is 0 Å². The smallest absolute Gasteiger partial charge is 0.242 e. The Hall–Kier alpha value is -0.400. The fraction of sp³-hybridized carbons (Fsp3) is 0.500. The van der Waals surface area contributed by atoms with Gasteiger partial charge in [0, 0.05) is 18.8 Å². The van der Waals surface area contributed by atoms with E-state index in [1.165, 1.54) is 12.3 Å². The van der Waals surface area contributed by atoms with Crippen LogP contribution in [0.2, 0.25) is 10.2 Å². The first-order valence-corrected chi connectivity index (χ1v) is 7.64. The summed E-state index contributed by atoms with van der Waals surface area (Å²) in [4.78, 5) is 3.72. The van der Waals surface area contributed by atoms with Crippen molar-refractivity contribution in [1.82, 2.24) is 9.71 Å². The molecule has 1 fully saturated rings. The number of rotatable bonds is 3. The van der Waals surface area contributed by atoms with Crippen LogP contribution in [-0.4, -0.2) is 32.7 Å². The van der Waals surface area contributed by atoms with Gasteiger partial charge in [-0.2, -0.15) is 0 Å². The Labute approximate surface area is 116 Å². The van der Waals surface area contributed by atoms with Gasteiger partial charge in [-0.25, -0.2) is 18.1 Å². The zero-order chi connectivity index (χ0) is 13.2. The van der Waals surface area contributed by atoms with Gasteiger partial charge < -0.3 is 4.74 Å². The van der Waals surface area contributed by atoms with Crippen LogP contribution >= 0.6 is 23.2 Å². The highest BCUT2D eigenvalue weighted by Crippen LogP contribution is 2.22. The lowest BCUT2D eigenvalue weighted by atomic mass is 10.1. The van der Waals surface area contributed by atoms with Crippen molar-refractivity contribution >= 4 is 33.2 Å². The molecule has 0 saturated carbocycles. The molecule has 18 heavy (non-hydrogen) atoms. The SMILES string of the molecule is O=S(=O)(NC1CCCOC1)c1cnc(Cl)c(Cl)c1. The van der Waals surface area contributed by atoms with Crippen molar-refractivity contribution < 1.29 is 13.2 Å². The van der Waals surface area contributed by atoms with E-state index in [4.69, 9.17) is 27.9 Å². The molecule has 1 saturated heterocycles. The molecule has 100 valence electrons. The minimum Gasteiger partial charge on any atom is -0.380 e. The summed E-state index contributed by atoms with van der Waals surface area (Å²) in [6.45, 7) is 1.06. The molecule has 0 aromatic carbocycles. The Morgan fingerprint density at radius 2 is 2.22 bits per heavy atom. The molecule has 1 aliphatic rings. The number of aromatic nitrogens is 1. The highest BCUT2D eigenvalue weighted by Gasteiger charge is 2.23. The van der Waals surface area contributed by atoms with Gasteiger partial charge >= 0.3 is 0 Å². The topological polar surface area (TPSA) is 68.3 Å². The summed E-state index contributed by atoms with van der Waals surface area (Å²) in [5.74, 6) is 0. The minimum atomic E-state index is -3.63. The van der Waals surface area contributed by atoms with E-state index >= 15 is 0 Å². The highest BCUT2D eigenvalue weighted by molar-refractivity contribution is 7.89.